The summed E-state index contributed by atoms with van der Waals surface area (Å²) in [6.45, 7) is 10.7. The molecule has 0 aromatic rings. The van der Waals surface area contributed by atoms with Crippen LogP contribution in [0.15, 0.2) is 0 Å². The molecule has 0 N–H and O–H groups in total. The van der Waals surface area contributed by atoms with E-state index < -0.39 is 24.1 Å². The molecule has 0 rings (SSSR count). The van der Waals surface area contributed by atoms with Crippen molar-refractivity contribution >= 4 is 24.1 Å². The SMILES string of the molecule is CCC(C)[P+](=O)[O-].CCC(C)[P+](=O)[O-].CCC(C)[P+](=O)[O-].[Fe+3]. The van der Waals surface area contributed by atoms with Crippen molar-refractivity contribution in [1.82, 2.24) is 0 Å². The van der Waals surface area contributed by atoms with Crippen LogP contribution < -0.4 is 14.7 Å². The zero-order valence-electron chi connectivity index (χ0n) is 14.0. The standard InChI is InChI=1S/3C4H9O2P.Fe/c3*1-3-4(2)7(5)6;/h3*4H,3H2,1-2H3;/q;;;+3. The van der Waals surface area contributed by atoms with Gasteiger partial charge in [0.25, 0.3) is 0 Å². The van der Waals surface area contributed by atoms with E-state index in [2.05, 4.69) is 0 Å². The van der Waals surface area contributed by atoms with E-state index in [0.29, 0.717) is 0 Å². The first kappa shape index (κ1) is 30.6. The largest absolute Gasteiger partial charge is 3.00 e. The Labute approximate surface area is 147 Å². The van der Waals surface area contributed by atoms with Gasteiger partial charge in [-0.15, -0.1) is 0 Å². The Balaban J connectivity index is -0.000000108. The topological polar surface area (TPSA) is 120 Å². The molecular formula is C12H27FeO6P3+3. The Bertz CT molecular complexity index is 270. The molecule has 0 aliphatic rings. The first-order valence-electron chi connectivity index (χ1n) is 6.95. The summed E-state index contributed by atoms with van der Waals surface area (Å²) in [5.74, 6) is 0. The van der Waals surface area contributed by atoms with Crippen molar-refractivity contribution in [3.05, 3.63) is 0 Å². The van der Waals surface area contributed by atoms with Crippen molar-refractivity contribution in [3.8, 4) is 0 Å². The zero-order valence-corrected chi connectivity index (χ0v) is 17.8. The molecule has 22 heavy (non-hydrogen) atoms. The molecule has 0 spiro atoms. The van der Waals surface area contributed by atoms with Gasteiger partial charge in [-0.1, -0.05) is 34.5 Å². The molecule has 0 aromatic heterocycles. The van der Waals surface area contributed by atoms with E-state index in [1.165, 1.54) is 0 Å². The predicted octanol–water partition coefficient (Wildman–Crippen LogP) is 2.66. The molecule has 0 aliphatic carbocycles. The number of hydrogen-bond acceptors (Lipinski definition) is 6. The van der Waals surface area contributed by atoms with Crippen LogP contribution in [-0.2, 0) is 30.8 Å². The maximum atomic E-state index is 9.97. The van der Waals surface area contributed by atoms with E-state index in [0.717, 1.165) is 19.3 Å². The predicted molar refractivity (Wildman–Crippen MR) is 82.1 cm³/mol. The molecule has 0 aliphatic heterocycles. The molecule has 1 radical (unpaired) electrons. The van der Waals surface area contributed by atoms with Gasteiger partial charge in [-0.2, -0.15) is 0 Å². The first-order valence-corrected chi connectivity index (χ1v) is 10.7. The first-order chi connectivity index (χ1) is 9.54. The smallest absolute Gasteiger partial charge is 0.595 e. The summed E-state index contributed by atoms with van der Waals surface area (Å²) in [6, 6.07) is 0. The summed E-state index contributed by atoms with van der Waals surface area (Å²) in [5, 5.41) is 0. The molecule has 0 fully saturated rings. The average molecular weight is 416 g/mol. The van der Waals surface area contributed by atoms with Crippen LogP contribution in [-0.4, -0.2) is 17.0 Å². The molecule has 0 amide bonds. The van der Waals surface area contributed by atoms with Gasteiger partial charge >= 0.3 is 41.2 Å². The van der Waals surface area contributed by atoms with Gasteiger partial charge in [0.2, 0.25) is 0 Å². The van der Waals surface area contributed by atoms with Crippen molar-refractivity contribution in [2.24, 2.45) is 0 Å². The minimum Gasteiger partial charge on any atom is -0.595 e. The van der Waals surface area contributed by atoms with Gasteiger partial charge < -0.3 is 14.7 Å². The Morgan fingerprint density at radius 1 is 0.636 bits per heavy atom. The third kappa shape index (κ3) is 23.0. The summed E-state index contributed by atoms with van der Waals surface area (Å²) in [4.78, 5) is 29.9. The van der Waals surface area contributed by atoms with Crippen LogP contribution in [0.4, 0.5) is 0 Å². The van der Waals surface area contributed by atoms with Crippen LogP contribution in [0, 0.1) is 0 Å². The Kier molecular flexibility index (Phi) is 27.4. The fourth-order valence-electron chi connectivity index (χ4n) is 0.447. The van der Waals surface area contributed by atoms with Crippen LogP contribution in [0.3, 0.4) is 0 Å². The van der Waals surface area contributed by atoms with Gasteiger partial charge in [0.1, 0.15) is 17.0 Å². The van der Waals surface area contributed by atoms with Crippen LogP contribution >= 0.6 is 24.1 Å². The van der Waals surface area contributed by atoms with Gasteiger partial charge in [0.05, 0.1) is 0 Å². The molecule has 0 heterocycles. The third-order valence-corrected chi connectivity index (χ3v) is 6.11. The molecule has 6 nitrogen and oxygen atoms in total. The Morgan fingerprint density at radius 3 is 0.773 bits per heavy atom. The maximum Gasteiger partial charge on any atom is 3.00 e. The minimum absolute atomic E-state index is 0. The van der Waals surface area contributed by atoms with E-state index in [9.17, 15) is 28.4 Å². The van der Waals surface area contributed by atoms with Gasteiger partial charge in [-0.3, -0.25) is 0 Å². The number of rotatable bonds is 6. The molecular weight excluding hydrogens is 389 g/mol. The average Bonchev–Trinajstić information content (AvgIpc) is 2.45. The monoisotopic (exact) mass is 416 g/mol. The van der Waals surface area contributed by atoms with E-state index >= 15 is 0 Å². The van der Waals surface area contributed by atoms with E-state index in [1.54, 1.807) is 20.8 Å². The van der Waals surface area contributed by atoms with Crippen molar-refractivity contribution < 1.29 is 45.4 Å². The summed E-state index contributed by atoms with van der Waals surface area (Å²) >= 11 is 0. The molecule has 6 atom stereocenters. The zero-order chi connectivity index (χ0) is 17.6. The molecule has 0 saturated carbocycles. The molecule has 0 aromatic carbocycles. The Hall–Kier alpha value is 0.699. The molecule has 6 unspecified atom stereocenters. The van der Waals surface area contributed by atoms with E-state index in [1.807, 2.05) is 20.8 Å². The number of hydrogen-bond donors (Lipinski definition) is 0. The fourth-order valence-corrected chi connectivity index (χ4v) is 1.34. The fraction of sp³-hybridized carbons (Fsp3) is 1.00. The molecule has 0 saturated heterocycles. The second-order valence-electron chi connectivity index (χ2n) is 4.63. The van der Waals surface area contributed by atoms with Crippen molar-refractivity contribution in [1.29, 1.82) is 0 Å². The summed E-state index contributed by atoms with van der Waals surface area (Å²) in [7, 11) is -6.49. The molecule has 0 bridgehead atoms. The van der Waals surface area contributed by atoms with E-state index in [-0.39, 0.29) is 34.0 Å². The van der Waals surface area contributed by atoms with Crippen LogP contribution in [0.2, 0.25) is 0 Å². The minimum atomic E-state index is -2.16. The van der Waals surface area contributed by atoms with Crippen molar-refractivity contribution in [3.63, 3.8) is 0 Å². The van der Waals surface area contributed by atoms with Crippen LogP contribution in [0.25, 0.3) is 0 Å². The normalized spacial score (nSPS) is 15.4. The second-order valence-corrected chi connectivity index (χ2v) is 8.98. The van der Waals surface area contributed by atoms with Crippen molar-refractivity contribution in [2.45, 2.75) is 77.8 Å². The van der Waals surface area contributed by atoms with E-state index in [4.69, 9.17) is 0 Å². The maximum absolute atomic E-state index is 9.97. The summed E-state index contributed by atoms with van der Waals surface area (Å²) in [5.41, 5.74) is -0.431. The van der Waals surface area contributed by atoms with Gasteiger partial charge in [0, 0.05) is 0 Å². The summed E-state index contributed by atoms with van der Waals surface area (Å²) in [6.07, 6.45) is 2.16. The van der Waals surface area contributed by atoms with Crippen molar-refractivity contribution in [2.75, 3.05) is 0 Å². The molecule has 131 valence electrons. The third-order valence-electron chi connectivity index (χ3n) is 2.85. The van der Waals surface area contributed by atoms with Crippen LogP contribution in [0.5, 0.6) is 0 Å². The quantitative estimate of drug-likeness (QED) is 0.485. The van der Waals surface area contributed by atoms with Gasteiger partial charge in [0.15, 0.2) is 0 Å². The Morgan fingerprint density at radius 2 is 0.773 bits per heavy atom. The summed E-state index contributed by atoms with van der Waals surface area (Å²) < 4.78 is 29.9. The van der Waals surface area contributed by atoms with Crippen LogP contribution in [0.1, 0.15) is 60.8 Å². The van der Waals surface area contributed by atoms with Gasteiger partial charge in [-0.05, 0) is 40.0 Å². The second kappa shape index (κ2) is 19.7. The van der Waals surface area contributed by atoms with Gasteiger partial charge in [-0.25, -0.2) is 0 Å². The molecule has 10 heteroatoms.